The predicted molar refractivity (Wildman–Crippen MR) is 71.0 cm³/mol. The molecule has 2 aliphatic rings. The van der Waals surface area contributed by atoms with Crippen molar-refractivity contribution >= 4 is 12.1 Å². The van der Waals surface area contributed by atoms with E-state index in [1.54, 1.807) is 6.20 Å². The van der Waals surface area contributed by atoms with Crippen molar-refractivity contribution in [3.8, 4) is 0 Å². The van der Waals surface area contributed by atoms with Crippen LogP contribution in [0.1, 0.15) is 23.2 Å². The molecule has 4 nitrogen and oxygen atoms in total. The Kier molecular flexibility index (Phi) is 3.28. The van der Waals surface area contributed by atoms with Crippen LogP contribution in [0.4, 0.5) is 5.82 Å². The zero-order valence-corrected chi connectivity index (χ0v) is 10.6. The van der Waals surface area contributed by atoms with Crippen molar-refractivity contribution in [1.29, 1.82) is 0 Å². The Labute approximate surface area is 108 Å². The lowest BCUT2D eigenvalue weighted by molar-refractivity contribution is 0.112. The molecule has 0 N–H and O–H groups in total. The molecule has 0 atom stereocenters. The summed E-state index contributed by atoms with van der Waals surface area (Å²) in [6, 6.07) is 3.78. The summed E-state index contributed by atoms with van der Waals surface area (Å²) in [5.41, 5.74) is 0.645. The lowest BCUT2D eigenvalue weighted by atomic mass is 10.2. The molecule has 1 aromatic rings. The topological polar surface area (TPSA) is 36.4 Å². The number of hydrogen-bond donors (Lipinski definition) is 0. The second-order valence-electron chi connectivity index (χ2n) is 5.30. The first kappa shape index (κ1) is 11.7. The summed E-state index contributed by atoms with van der Waals surface area (Å²) < 4.78 is 0. The number of hydrogen-bond acceptors (Lipinski definition) is 4. The average molecular weight is 245 g/mol. The molecule has 0 bridgehead atoms. The Bertz CT molecular complexity index is 406. The van der Waals surface area contributed by atoms with Crippen LogP contribution < -0.4 is 4.90 Å². The molecule has 3 rings (SSSR count). The molecule has 0 aromatic carbocycles. The van der Waals surface area contributed by atoms with Gasteiger partial charge in [0.2, 0.25) is 0 Å². The van der Waals surface area contributed by atoms with E-state index in [1.807, 2.05) is 12.1 Å². The first-order valence-electron chi connectivity index (χ1n) is 6.74. The fourth-order valence-corrected chi connectivity index (χ4v) is 2.48. The molecule has 1 aliphatic heterocycles. The highest BCUT2D eigenvalue weighted by atomic mass is 16.1. The van der Waals surface area contributed by atoms with Crippen molar-refractivity contribution in [2.75, 3.05) is 37.6 Å². The van der Waals surface area contributed by atoms with E-state index in [-0.39, 0.29) is 0 Å². The van der Waals surface area contributed by atoms with Crippen molar-refractivity contribution in [3.63, 3.8) is 0 Å². The number of anilines is 1. The SMILES string of the molecule is O=Cc1ccc(N2CCN(CC3CC3)CC2)nc1. The molecule has 0 radical (unpaired) electrons. The second kappa shape index (κ2) is 5.06. The summed E-state index contributed by atoms with van der Waals surface area (Å²) in [6.07, 6.45) is 5.34. The van der Waals surface area contributed by atoms with Gasteiger partial charge in [-0.05, 0) is 30.9 Å². The number of aromatic nitrogens is 1. The van der Waals surface area contributed by atoms with Crippen LogP contribution in [-0.4, -0.2) is 48.9 Å². The van der Waals surface area contributed by atoms with Crippen LogP contribution in [0.15, 0.2) is 18.3 Å². The van der Waals surface area contributed by atoms with E-state index in [9.17, 15) is 4.79 Å². The smallest absolute Gasteiger partial charge is 0.151 e. The molecule has 1 aromatic heterocycles. The number of carbonyl (C=O) groups excluding carboxylic acids is 1. The summed E-state index contributed by atoms with van der Waals surface area (Å²) in [6.45, 7) is 5.63. The molecule has 0 amide bonds. The molecular formula is C14H19N3O. The summed E-state index contributed by atoms with van der Waals surface area (Å²) >= 11 is 0. The van der Waals surface area contributed by atoms with Gasteiger partial charge in [-0.2, -0.15) is 0 Å². The lowest BCUT2D eigenvalue weighted by Gasteiger charge is -2.35. The minimum atomic E-state index is 0.645. The van der Waals surface area contributed by atoms with Crippen LogP contribution in [0.5, 0.6) is 0 Å². The third kappa shape index (κ3) is 2.70. The maximum absolute atomic E-state index is 10.6. The highest BCUT2D eigenvalue weighted by molar-refractivity contribution is 5.74. The average Bonchev–Trinajstić information content (AvgIpc) is 3.24. The monoisotopic (exact) mass is 245 g/mol. The molecule has 96 valence electrons. The van der Waals surface area contributed by atoms with Gasteiger partial charge in [-0.3, -0.25) is 9.69 Å². The van der Waals surface area contributed by atoms with Gasteiger partial charge in [0.25, 0.3) is 0 Å². The second-order valence-corrected chi connectivity index (χ2v) is 5.30. The number of nitrogens with zero attached hydrogens (tertiary/aromatic N) is 3. The van der Waals surface area contributed by atoms with E-state index in [0.29, 0.717) is 5.56 Å². The van der Waals surface area contributed by atoms with Gasteiger partial charge in [0, 0.05) is 44.5 Å². The minimum absolute atomic E-state index is 0.645. The van der Waals surface area contributed by atoms with E-state index in [2.05, 4.69) is 14.8 Å². The van der Waals surface area contributed by atoms with Crippen molar-refractivity contribution in [2.24, 2.45) is 5.92 Å². The Hall–Kier alpha value is -1.42. The van der Waals surface area contributed by atoms with Crippen LogP contribution in [0.25, 0.3) is 0 Å². The first-order valence-corrected chi connectivity index (χ1v) is 6.74. The number of carbonyl (C=O) groups is 1. The molecule has 0 spiro atoms. The molecule has 18 heavy (non-hydrogen) atoms. The van der Waals surface area contributed by atoms with Crippen LogP contribution in [0.2, 0.25) is 0 Å². The van der Waals surface area contributed by atoms with Gasteiger partial charge in [0.05, 0.1) is 0 Å². The Morgan fingerprint density at radius 1 is 1.22 bits per heavy atom. The zero-order chi connectivity index (χ0) is 12.4. The van der Waals surface area contributed by atoms with E-state index in [4.69, 9.17) is 0 Å². The maximum atomic E-state index is 10.6. The quantitative estimate of drug-likeness (QED) is 0.752. The zero-order valence-electron chi connectivity index (χ0n) is 10.6. The lowest BCUT2D eigenvalue weighted by Crippen LogP contribution is -2.47. The highest BCUT2D eigenvalue weighted by Gasteiger charge is 2.26. The number of piperazine rings is 1. The number of pyridine rings is 1. The van der Waals surface area contributed by atoms with Crippen LogP contribution in [-0.2, 0) is 0 Å². The summed E-state index contributed by atoms with van der Waals surface area (Å²) in [4.78, 5) is 19.8. The molecule has 4 heteroatoms. The van der Waals surface area contributed by atoms with E-state index < -0.39 is 0 Å². The third-order valence-corrected chi connectivity index (χ3v) is 3.82. The highest BCUT2D eigenvalue weighted by Crippen LogP contribution is 2.30. The largest absolute Gasteiger partial charge is 0.354 e. The van der Waals surface area contributed by atoms with Gasteiger partial charge in [0.1, 0.15) is 5.82 Å². The molecular weight excluding hydrogens is 226 g/mol. The fraction of sp³-hybridized carbons (Fsp3) is 0.571. The summed E-state index contributed by atoms with van der Waals surface area (Å²) in [5, 5.41) is 0. The van der Waals surface area contributed by atoms with E-state index in [0.717, 1.165) is 44.2 Å². The van der Waals surface area contributed by atoms with Crippen LogP contribution >= 0.6 is 0 Å². The Morgan fingerprint density at radius 2 is 2.00 bits per heavy atom. The van der Waals surface area contributed by atoms with Gasteiger partial charge >= 0.3 is 0 Å². The Balaban J connectivity index is 1.55. The standard InChI is InChI=1S/C14H19N3O/c18-11-13-3-4-14(15-9-13)17-7-5-16(6-8-17)10-12-1-2-12/h3-4,9,11-12H,1-2,5-8,10H2. The summed E-state index contributed by atoms with van der Waals surface area (Å²) in [5.74, 6) is 1.97. The molecule has 1 aliphatic carbocycles. The summed E-state index contributed by atoms with van der Waals surface area (Å²) in [7, 11) is 0. The minimum Gasteiger partial charge on any atom is -0.354 e. The normalized spacial score (nSPS) is 21.0. The van der Waals surface area contributed by atoms with Gasteiger partial charge < -0.3 is 4.90 Å². The Morgan fingerprint density at radius 3 is 2.56 bits per heavy atom. The van der Waals surface area contributed by atoms with Crippen molar-refractivity contribution in [1.82, 2.24) is 9.88 Å². The van der Waals surface area contributed by atoms with Crippen LogP contribution in [0, 0.1) is 5.92 Å². The van der Waals surface area contributed by atoms with Gasteiger partial charge in [-0.15, -0.1) is 0 Å². The molecule has 0 unspecified atom stereocenters. The molecule has 1 saturated carbocycles. The van der Waals surface area contributed by atoms with Crippen molar-refractivity contribution in [3.05, 3.63) is 23.9 Å². The molecule has 2 fully saturated rings. The van der Waals surface area contributed by atoms with Crippen LogP contribution in [0.3, 0.4) is 0 Å². The van der Waals surface area contributed by atoms with Crippen molar-refractivity contribution in [2.45, 2.75) is 12.8 Å². The molecule has 2 heterocycles. The van der Waals surface area contributed by atoms with Gasteiger partial charge in [-0.25, -0.2) is 4.98 Å². The van der Waals surface area contributed by atoms with Gasteiger partial charge in [0.15, 0.2) is 6.29 Å². The van der Waals surface area contributed by atoms with E-state index >= 15 is 0 Å². The third-order valence-electron chi connectivity index (χ3n) is 3.82. The number of aldehydes is 1. The predicted octanol–water partition coefficient (Wildman–Crippen LogP) is 1.43. The molecule has 1 saturated heterocycles. The van der Waals surface area contributed by atoms with Gasteiger partial charge in [-0.1, -0.05) is 0 Å². The van der Waals surface area contributed by atoms with Crippen molar-refractivity contribution < 1.29 is 4.79 Å². The first-order chi connectivity index (χ1) is 8.85. The fourth-order valence-electron chi connectivity index (χ4n) is 2.48. The number of rotatable bonds is 4. The maximum Gasteiger partial charge on any atom is 0.151 e. The van der Waals surface area contributed by atoms with E-state index in [1.165, 1.54) is 19.4 Å².